The molecule has 2 heterocycles. The summed E-state index contributed by atoms with van der Waals surface area (Å²) in [6.45, 7) is 8.86. The molecule has 43 heavy (non-hydrogen) atoms. The minimum atomic E-state index is 0.254. The molecule has 6 aromatic carbocycles. The maximum Gasteiger partial charge on any atom is 0.243 e. The Bertz CT molecular complexity index is 1910. The molecule has 204 valence electrons. The van der Waals surface area contributed by atoms with Crippen molar-refractivity contribution in [3.63, 3.8) is 0 Å². The van der Waals surface area contributed by atoms with Gasteiger partial charge < -0.3 is 0 Å². The van der Waals surface area contributed by atoms with Gasteiger partial charge in [0.1, 0.15) is 0 Å². The molecule has 0 spiro atoms. The number of rotatable bonds is 4. The first-order valence-corrected chi connectivity index (χ1v) is 15.3. The summed E-state index contributed by atoms with van der Waals surface area (Å²) in [4.78, 5) is 0. The molecule has 0 unspecified atom stereocenters. The molecule has 2 aliphatic rings. The smallest absolute Gasteiger partial charge is 0.0985 e. The fraction of sp³-hybridized carbons (Fsp3) is 0.0952. The zero-order valence-corrected chi connectivity index (χ0v) is 24.8. The maximum absolute atomic E-state index is 3.95. The summed E-state index contributed by atoms with van der Waals surface area (Å²) in [7, 11) is 0. The van der Waals surface area contributed by atoms with Gasteiger partial charge in [0.05, 0.1) is 0 Å². The normalized spacial score (nSPS) is 12.7. The van der Waals surface area contributed by atoms with E-state index in [1.165, 1.54) is 83.1 Å². The highest BCUT2D eigenvalue weighted by molar-refractivity contribution is 6.97. The number of fused-ring (bicyclic) bond motifs is 4. The summed E-state index contributed by atoms with van der Waals surface area (Å²) in [5.41, 5.74) is 22.1. The molecule has 0 bridgehead atoms. The van der Waals surface area contributed by atoms with E-state index in [1.54, 1.807) is 0 Å². The Labute approximate surface area is 255 Å². The van der Waals surface area contributed by atoms with Gasteiger partial charge in [0, 0.05) is 0 Å². The molecule has 0 saturated carbocycles. The van der Waals surface area contributed by atoms with Gasteiger partial charge in [-0.1, -0.05) is 161 Å². The number of hydrogen-bond donors (Lipinski definition) is 0. The van der Waals surface area contributed by atoms with E-state index >= 15 is 0 Å². The van der Waals surface area contributed by atoms with Crippen LogP contribution in [0.15, 0.2) is 128 Å². The minimum Gasteiger partial charge on any atom is -0.0985 e. The number of benzene rings is 6. The third-order valence-corrected chi connectivity index (χ3v) is 9.62. The highest BCUT2D eigenvalue weighted by Gasteiger charge is 2.39. The second-order valence-corrected chi connectivity index (χ2v) is 12.3. The van der Waals surface area contributed by atoms with E-state index < -0.39 is 0 Å². The van der Waals surface area contributed by atoms with Gasteiger partial charge in [0.2, 0.25) is 6.71 Å². The van der Waals surface area contributed by atoms with Crippen LogP contribution in [0, 0.1) is 13.8 Å². The lowest BCUT2D eigenvalue weighted by molar-refractivity contribution is 1.14. The molecule has 0 saturated heterocycles. The lowest BCUT2D eigenvalue weighted by atomic mass is 9.29. The van der Waals surface area contributed by atoms with Gasteiger partial charge in [-0.25, -0.2) is 0 Å². The topological polar surface area (TPSA) is 0 Å². The predicted octanol–water partition coefficient (Wildman–Crippen LogP) is 8.27. The quantitative estimate of drug-likeness (QED) is 0.194. The Balaban J connectivity index is 1.36. The molecule has 0 N–H and O–H groups in total. The van der Waals surface area contributed by atoms with Crippen molar-refractivity contribution in [2.24, 2.45) is 0 Å². The van der Waals surface area contributed by atoms with Crippen molar-refractivity contribution in [3.05, 3.63) is 167 Å². The van der Waals surface area contributed by atoms with E-state index in [1.807, 2.05) is 6.08 Å². The van der Waals surface area contributed by atoms with E-state index in [2.05, 4.69) is 142 Å². The molecule has 0 radical (unpaired) electrons. The molecule has 0 aliphatic carbocycles. The van der Waals surface area contributed by atoms with Crippen LogP contribution in [0.25, 0.3) is 39.5 Å². The molecule has 1 heteroatoms. The predicted molar refractivity (Wildman–Crippen MR) is 185 cm³/mol. The minimum absolute atomic E-state index is 0.254. The third-order valence-electron chi connectivity index (χ3n) is 9.62. The lowest BCUT2D eigenvalue weighted by Crippen LogP contribution is -2.62. The Morgan fingerprint density at radius 1 is 0.465 bits per heavy atom. The van der Waals surface area contributed by atoms with Crippen LogP contribution in [0.5, 0.6) is 0 Å². The van der Waals surface area contributed by atoms with Crippen LogP contribution in [0.3, 0.4) is 0 Å². The van der Waals surface area contributed by atoms with Crippen molar-refractivity contribution in [3.8, 4) is 33.4 Å². The number of aryl methyl sites for hydroxylation is 2. The van der Waals surface area contributed by atoms with Crippen LogP contribution in [0.1, 0.15) is 38.9 Å². The SMILES string of the molecule is C=Cc1ccc(-c2cc3c4c(c2)Cc2cc(-c5ccccc5)cc(C)c2B4c2c(C)cc(-c4ccccc4)cc2C3)cc1. The Morgan fingerprint density at radius 2 is 0.860 bits per heavy atom. The first-order chi connectivity index (χ1) is 21.1. The summed E-state index contributed by atoms with van der Waals surface area (Å²) in [6, 6.07) is 45.2. The Morgan fingerprint density at radius 3 is 1.30 bits per heavy atom. The average Bonchev–Trinajstić information content (AvgIpc) is 3.04. The molecule has 0 aromatic heterocycles. The highest BCUT2D eigenvalue weighted by Crippen LogP contribution is 2.33. The fourth-order valence-corrected chi connectivity index (χ4v) is 7.72. The standard InChI is InChI=1S/C42H33B/c1-4-29-15-17-32(18-16-29)35-23-38-25-36-21-33(30-11-7-5-8-12-30)19-27(2)40(36)43-41-28(3)20-34(31-13-9-6-10-14-31)22-37(41)26-39(24-35)42(38)43/h4-24H,1,25-26H2,2-3H3. The second kappa shape index (κ2) is 10.1. The van der Waals surface area contributed by atoms with Crippen molar-refractivity contribution in [1.82, 2.24) is 0 Å². The zero-order chi connectivity index (χ0) is 29.1. The zero-order valence-electron chi connectivity index (χ0n) is 24.8. The van der Waals surface area contributed by atoms with Crippen molar-refractivity contribution in [2.75, 3.05) is 0 Å². The van der Waals surface area contributed by atoms with E-state index in [0.717, 1.165) is 18.4 Å². The van der Waals surface area contributed by atoms with Crippen LogP contribution in [0.2, 0.25) is 0 Å². The first-order valence-electron chi connectivity index (χ1n) is 15.3. The molecule has 0 nitrogen and oxygen atoms in total. The van der Waals surface area contributed by atoms with E-state index in [-0.39, 0.29) is 6.71 Å². The van der Waals surface area contributed by atoms with Gasteiger partial charge in [-0.2, -0.15) is 0 Å². The monoisotopic (exact) mass is 548 g/mol. The van der Waals surface area contributed by atoms with Gasteiger partial charge in [-0.3, -0.25) is 0 Å². The summed E-state index contributed by atoms with van der Waals surface area (Å²) in [6.07, 6.45) is 3.84. The van der Waals surface area contributed by atoms with E-state index in [9.17, 15) is 0 Å². The van der Waals surface area contributed by atoms with Crippen molar-refractivity contribution in [1.29, 1.82) is 0 Å². The molecule has 2 aliphatic heterocycles. The maximum atomic E-state index is 3.95. The van der Waals surface area contributed by atoms with Crippen molar-refractivity contribution in [2.45, 2.75) is 26.7 Å². The van der Waals surface area contributed by atoms with Gasteiger partial charge in [-0.05, 0) is 87.9 Å². The number of hydrogen-bond acceptors (Lipinski definition) is 0. The van der Waals surface area contributed by atoms with Crippen LogP contribution in [0.4, 0.5) is 0 Å². The highest BCUT2D eigenvalue weighted by atomic mass is 14.3. The van der Waals surface area contributed by atoms with Gasteiger partial charge >= 0.3 is 0 Å². The fourth-order valence-electron chi connectivity index (χ4n) is 7.72. The Hall–Kier alpha value is -4.88. The average molecular weight is 549 g/mol. The molecule has 0 atom stereocenters. The molecular weight excluding hydrogens is 515 g/mol. The van der Waals surface area contributed by atoms with E-state index in [0.29, 0.717) is 0 Å². The molecule has 0 fully saturated rings. The van der Waals surface area contributed by atoms with Crippen LogP contribution in [-0.4, -0.2) is 6.71 Å². The molecule has 8 rings (SSSR count). The van der Waals surface area contributed by atoms with Gasteiger partial charge in [-0.15, -0.1) is 0 Å². The summed E-state index contributed by atoms with van der Waals surface area (Å²) >= 11 is 0. The summed E-state index contributed by atoms with van der Waals surface area (Å²) in [5, 5.41) is 0. The molecule has 0 amide bonds. The lowest BCUT2D eigenvalue weighted by Gasteiger charge is -2.37. The third kappa shape index (κ3) is 4.31. The van der Waals surface area contributed by atoms with Crippen molar-refractivity contribution >= 4 is 29.2 Å². The summed E-state index contributed by atoms with van der Waals surface area (Å²) in [5.74, 6) is 0. The van der Waals surface area contributed by atoms with Crippen molar-refractivity contribution < 1.29 is 0 Å². The van der Waals surface area contributed by atoms with Gasteiger partial charge in [0.15, 0.2) is 0 Å². The van der Waals surface area contributed by atoms with Crippen LogP contribution >= 0.6 is 0 Å². The van der Waals surface area contributed by atoms with Gasteiger partial charge in [0.25, 0.3) is 0 Å². The summed E-state index contributed by atoms with van der Waals surface area (Å²) < 4.78 is 0. The van der Waals surface area contributed by atoms with Crippen LogP contribution < -0.4 is 16.4 Å². The second-order valence-electron chi connectivity index (χ2n) is 12.3. The largest absolute Gasteiger partial charge is 0.243 e. The Kier molecular flexibility index (Phi) is 6.08. The first kappa shape index (κ1) is 25.8. The molecular formula is C42H33B. The molecule has 6 aromatic rings. The van der Waals surface area contributed by atoms with Crippen LogP contribution in [-0.2, 0) is 12.8 Å². The van der Waals surface area contributed by atoms with E-state index in [4.69, 9.17) is 0 Å².